The number of phenolic OH excluding ortho intramolecular Hbond substituents is 1. The van der Waals surface area contributed by atoms with Gasteiger partial charge in [-0.1, -0.05) is 24.2 Å². The number of amides is 2. The Morgan fingerprint density at radius 1 is 1.38 bits per heavy atom. The van der Waals surface area contributed by atoms with Crippen molar-refractivity contribution in [1.82, 2.24) is 19.7 Å². The summed E-state index contributed by atoms with van der Waals surface area (Å²) in [5.74, 6) is -1.42. The molecule has 1 atom stereocenters. The topological polar surface area (TPSA) is 98.2 Å². The van der Waals surface area contributed by atoms with Crippen LogP contribution in [0.3, 0.4) is 0 Å². The molecule has 0 unspecified atom stereocenters. The number of carbonyl (C=O) groups is 2. The van der Waals surface area contributed by atoms with Crippen LogP contribution in [0.25, 0.3) is 11.3 Å². The van der Waals surface area contributed by atoms with Gasteiger partial charge in [-0.25, -0.2) is 9.37 Å². The number of aromatic nitrogens is 1. The summed E-state index contributed by atoms with van der Waals surface area (Å²) in [6, 6.07) is 3.47. The Hall–Kier alpha value is -3.37. The molecule has 1 aromatic heterocycles. The maximum atomic E-state index is 14.9. The van der Waals surface area contributed by atoms with Crippen molar-refractivity contribution in [3.8, 4) is 22.8 Å². The molecule has 9 nitrogen and oxygen atoms in total. The Bertz CT molecular complexity index is 1230. The number of likely N-dealkylation sites (N-methyl/N-ethyl adjacent to an activating group) is 1. The van der Waals surface area contributed by atoms with Gasteiger partial charge in [-0.2, -0.15) is 0 Å². The Morgan fingerprint density at radius 2 is 2.11 bits per heavy atom. The van der Waals surface area contributed by atoms with E-state index in [0.29, 0.717) is 19.6 Å². The van der Waals surface area contributed by atoms with Gasteiger partial charge >= 0.3 is 0 Å². The lowest BCUT2D eigenvalue weighted by Gasteiger charge is -2.39. The number of anilines is 1. The van der Waals surface area contributed by atoms with E-state index in [-0.39, 0.29) is 64.1 Å². The standard InChI is InChI=1S/C26H31ClFN5O4/c1-6-18(35)32-10-11-33-15(12-32)13-37-23-20(25(33)36)24(30-26(2,3)14-31(4)5)29-22(21(23)27)19-16(28)8-7-9-17(19)34/h6-9,15,34H,1,10-14H2,2-5H3,(H,29,30)/t15-/m1/s1. The maximum Gasteiger partial charge on any atom is 0.261 e. The normalized spacial score (nSPS) is 17.6. The second-order valence-corrected chi connectivity index (χ2v) is 10.5. The summed E-state index contributed by atoms with van der Waals surface area (Å²) >= 11 is 6.72. The van der Waals surface area contributed by atoms with Crippen LogP contribution in [0.15, 0.2) is 30.9 Å². The minimum atomic E-state index is -0.719. The zero-order valence-electron chi connectivity index (χ0n) is 21.3. The van der Waals surface area contributed by atoms with Gasteiger partial charge in [-0.3, -0.25) is 9.59 Å². The number of piperazine rings is 1. The number of pyridine rings is 1. The van der Waals surface area contributed by atoms with E-state index in [2.05, 4.69) is 16.9 Å². The van der Waals surface area contributed by atoms with Gasteiger partial charge in [-0.15, -0.1) is 0 Å². The highest BCUT2D eigenvalue weighted by molar-refractivity contribution is 6.35. The van der Waals surface area contributed by atoms with Gasteiger partial charge in [0, 0.05) is 31.7 Å². The third-order valence-corrected chi connectivity index (χ3v) is 6.71. The smallest absolute Gasteiger partial charge is 0.261 e. The number of rotatable bonds is 6. The van der Waals surface area contributed by atoms with Crippen LogP contribution >= 0.6 is 11.6 Å². The molecule has 0 bridgehead atoms. The van der Waals surface area contributed by atoms with Gasteiger partial charge < -0.3 is 29.9 Å². The van der Waals surface area contributed by atoms with E-state index in [1.54, 1.807) is 9.80 Å². The van der Waals surface area contributed by atoms with Crippen LogP contribution in [0.1, 0.15) is 24.2 Å². The van der Waals surface area contributed by atoms with Crippen molar-refractivity contribution in [3.63, 3.8) is 0 Å². The second-order valence-electron chi connectivity index (χ2n) is 10.2. The van der Waals surface area contributed by atoms with Gasteiger partial charge in [-0.05, 0) is 46.2 Å². The average molecular weight is 532 g/mol. The Morgan fingerprint density at radius 3 is 2.76 bits per heavy atom. The highest BCUT2D eigenvalue weighted by atomic mass is 35.5. The molecule has 0 aliphatic carbocycles. The summed E-state index contributed by atoms with van der Waals surface area (Å²) in [7, 11) is 3.84. The zero-order valence-corrected chi connectivity index (χ0v) is 22.1. The average Bonchev–Trinajstić information content (AvgIpc) is 2.96. The highest BCUT2D eigenvalue weighted by Crippen LogP contribution is 2.45. The van der Waals surface area contributed by atoms with Crippen LogP contribution in [0, 0.1) is 5.82 Å². The van der Waals surface area contributed by atoms with Crippen LogP contribution < -0.4 is 10.1 Å². The molecule has 3 heterocycles. The van der Waals surface area contributed by atoms with Crippen LogP contribution in [0.4, 0.5) is 10.2 Å². The minimum Gasteiger partial charge on any atom is -0.507 e. The van der Waals surface area contributed by atoms with E-state index in [1.165, 1.54) is 24.3 Å². The Balaban J connectivity index is 1.87. The lowest BCUT2D eigenvalue weighted by molar-refractivity contribution is -0.128. The lowest BCUT2D eigenvalue weighted by Crippen LogP contribution is -2.57. The molecular formula is C26H31ClFN5O4. The van der Waals surface area contributed by atoms with Crippen molar-refractivity contribution in [2.75, 3.05) is 52.2 Å². The summed E-state index contributed by atoms with van der Waals surface area (Å²) < 4.78 is 21.0. The number of carbonyl (C=O) groups excluding carboxylic acids is 2. The van der Waals surface area contributed by atoms with E-state index >= 15 is 0 Å². The highest BCUT2D eigenvalue weighted by Gasteiger charge is 2.40. The van der Waals surface area contributed by atoms with E-state index < -0.39 is 17.4 Å². The first-order valence-electron chi connectivity index (χ1n) is 11.9. The fraction of sp³-hybridized carbons (Fsp3) is 0.423. The van der Waals surface area contributed by atoms with Crippen molar-refractivity contribution in [2.45, 2.75) is 25.4 Å². The molecule has 1 aromatic carbocycles. The number of halogens is 2. The maximum absolute atomic E-state index is 14.9. The number of hydrogen-bond acceptors (Lipinski definition) is 7. The summed E-state index contributed by atoms with van der Waals surface area (Å²) in [4.78, 5) is 36.0. The number of hydrogen-bond donors (Lipinski definition) is 2. The van der Waals surface area contributed by atoms with Crippen LogP contribution in [-0.4, -0.2) is 95.1 Å². The molecule has 1 fully saturated rings. The SMILES string of the molecule is C=CC(=O)N1CCN2C(=O)c3c(NC(C)(C)CN(C)C)nc(-c4c(O)cccc4F)c(Cl)c3OC[C@H]2C1. The number of nitrogens with zero attached hydrogens (tertiary/aromatic N) is 4. The Labute approximate surface area is 220 Å². The van der Waals surface area contributed by atoms with E-state index in [9.17, 15) is 19.1 Å². The molecule has 4 rings (SSSR count). The second kappa shape index (κ2) is 10.2. The van der Waals surface area contributed by atoms with Gasteiger partial charge in [0.25, 0.3) is 5.91 Å². The lowest BCUT2D eigenvalue weighted by atomic mass is 10.0. The molecule has 11 heteroatoms. The van der Waals surface area contributed by atoms with Crippen molar-refractivity contribution in [1.29, 1.82) is 0 Å². The number of benzene rings is 1. The zero-order chi connectivity index (χ0) is 27.1. The van der Waals surface area contributed by atoms with Crippen LogP contribution in [-0.2, 0) is 4.79 Å². The van der Waals surface area contributed by atoms with Crippen molar-refractivity contribution >= 4 is 29.2 Å². The van der Waals surface area contributed by atoms with Crippen molar-refractivity contribution in [3.05, 3.63) is 47.3 Å². The molecule has 2 aliphatic heterocycles. The number of fused-ring (bicyclic) bond motifs is 2. The molecule has 0 spiro atoms. The first-order valence-corrected chi connectivity index (χ1v) is 12.3. The predicted molar refractivity (Wildman–Crippen MR) is 140 cm³/mol. The van der Waals surface area contributed by atoms with Gasteiger partial charge in [0.2, 0.25) is 5.91 Å². The molecule has 2 aliphatic rings. The number of aromatic hydroxyl groups is 1. The monoisotopic (exact) mass is 531 g/mol. The molecule has 2 aromatic rings. The summed E-state index contributed by atoms with van der Waals surface area (Å²) in [6.45, 7) is 8.99. The fourth-order valence-electron chi connectivity index (χ4n) is 4.95. The predicted octanol–water partition coefficient (Wildman–Crippen LogP) is 3.23. The summed E-state index contributed by atoms with van der Waals surface area (Å²) in [5, 5.41) is 13.7. The van der Waals surface area contributed by atoms with Crippen molar-refractivity contribution in [2.24, 2.45) is 0 Å². The summed E-state index contributed by atoms with van der Waals surface area (Å²) in [6.07, 6.45) is 1.24. The van der Waals surface area contributed by atoms with Crippen LogP contribution in [0.5, 0.6) is 11.5 Å². The number of ether oxygens (including phenoxy) is 1. The van der Waals surface area contributed by atoms with E-state index in [4.69, 9.17) is 16.3 Å². The van der Waals surface area contributed by atoms with Gasteiger partial charge in [0.15, 0.2) is 5.75 Å². The molecule has 1 saturated heterocycles. The Kier molecular flexibility index (Phi) is 7.34. The molecule has 0 saturated carbocycles. The minimum absolute atomic E-state index is 0.0460. The molecular weight excluding hydrogens is 501 g/mol. The largest absolute Gasteiger partial charge is 0.507 e. The quantitative estimate of drug-likeness (QED) is 0.552. The fourth-order valence-corrected chi connectivity index (χ4v) is 5.23. The van der Waals surface area contributed by atoms with Gasteiger partial charge in [0.1, 0.15) is 40.3 Å². The van der Waals surface area contributed by atoms with E-state index in [0.717, 1.165) is 0 Å². The first kappa shape index (κ1) is 26.7. The molecule has 2 N–H and O–H groups in total. The third-order valence-electron chi connectivity index (χ3n) is 6.36. The molecule has 0 radical (unpaired) electrons. The number of nitrogens with one attached hydrogen (secondary N) is 1. The van der Waals surface area contributed by atoms with Crippen molar-refractivity contribution < 1.29 is 23.8 Å². The molecule has 37 heavy (non-hydrogen) atoms. The number of phenols is 1. The van der Waals surface area contributed by atoms with Crippen LogP contribution in [0.2, 0.25) is 5.02 Å². The summed E-state index contributed by atoms with van der Waals surface area (Å²) in [5.41, 5.74) is -0.671. The molecule has 2 amide bonds. The first-order chi connectivity index (χ1) is 17.4. The molecule has 198 valence electrons. The van der Waals surface area contributed by atoms with E-state index in [1.807, 2.05) is 32.8 Å². The van der Waals surface area contributed by atoms with Gasteiger partial charge in [0.05, 0.1) is 11.6 Å². The third kappa shape index (κ3) is 5.21.